The van der Waals surface area contributed by atoms with Crippen LogP contribution in [0.25, 0.3) is 0 Å². The maximum atomic E-state index is 2.32. The van der Waals surface area contributed by atoms with Crippen molar-refractivity contribution in [2.24, 2.45) is 5.92 Å². The van der Waals surface area contributed by atoms with Gasteiger partial charge in [0, 0.05) is 6.42 Å². The molecule has 72 valence electrons. The molecule has 0 aliphatic carbocycles. The predicted octanol–water partition coefficient (Wildman–Crippen LogP) is 2.68. The van der Waals surface area contributed by atoms with Crippen LogP contribution < -0.4 is 0 Å². The van der Waals surface area contributed by atoms with E-state index in [0.717, 1.165) is 10.4 Å². The average Bonchev–Trinajstić information content (AvgIpc) is 1.83. The number of hydrogen-bond acceptors (Lipinski definition) is 0. The predicted molar refractivity (Wildman–Crippen MR) is 56.1 cm³/mol. The SMILES string of the molecule is C/C=C\[C@H](CC(C)C)[N+](C)(C)C. The molecule has 1 atom stereocenters. The lowest BCUT2D eigenvalue weighted by Crippen LogP contribution is -2.44. The second-order valence-electron chi connectivity index (χ2n) is 4.84. The van der Waals surface area contributed by atoms with Gasteiger partial charge in [-0.1, -0.05) is 19.9 Å². The molecule has 0 fully saturated rings. The molecule has 0 spiro atoms. The van der Waals surface area contributed by atoms with E-state index in [1.54, 1.807) is 0 Å². The fourth-order valence-corrected chi connectivity index (χ4v) is 1.36. The van der Waals surface area contributed by atoms with E-state index in [4.69, 9.17) is 0 Å². The summed E-state index contributed by atoms with van der Waals surface area (Å²) in [5.74, 6) is 0.781. The molecule has 0 aromatic heterocycles. The van der Waals surface area contributed by atoms with Crippen LogP contribution in [0.15, 0.2) is 12.2 Å². The number of allylic oxidation sites excluding steroid dienone is 1. The van der Waals surface area contributed by atoms with Crippen LogP contribution in [0.5, 0.6) is 0 Å². The van der Waals surface area contributed by atoms with E-state index in [-0.39, 0.29) is 0 Å². The smallest absolute Gasteiger partial charge is 0.107 e. The lowest BCUT2D eigenvalue weighted by Gasteiger charge is -2.33. The fourth-order valence-electron chi connectivity index (χ4n) is 1.36. The Morgan fingerprint density at radius 3 is 1.92 bits per heavy atom. The van der Waals surface area contributed by atoms with Gasteiger partial charge in [0.25, 0.3) is 0 Å². The number of hydrogen-bond donors (Lipinski definition) is 0. The second-order valence-corrected chi connectivity index (χ2v) is 4.84. The molecular formula is C11H24N+. The maximum absolute atomic E-state index is 2.32. The molecule has 0 bridgehead atoms. The lowest BCUT2D eigenvalue weighted by atomic mass is 10.0. The van der Waals surface area contributed by atoms with E-state index in [9.17, 15) is 0 Å². The number of nitrogens with zero attached hydrogens (tertiary/aromatic N) is 1. The quantitative estimate of drug-likeness (QED) is 0.449. The summed E-state index contributed by atoms with van der Waals surface area (Å²) >= 11 is 0. The largest absolute Gasteiger partial charge is 0.325 e. The van der Waals surface area contributed by atoms with Crippen LogP contribution in [-0.4, -0.2) is 31.7 Å². The standard InChI is InChI=1S/C11H24N/c1-7-8-11(9-10(2)3)12(4,5)6/h7-8,10-11H,9H2,1-6H3/q+1/b8-7-/t11-/m1/s1. The zero-order valence-electron chi connectivity index (χ0n) is 9.46. The van der Waals surface area contributed by atoms with Crippen molar-refractivity contribution in [3.05, 3.63) is 12.2 Å². The minimum absolute atomic E-state index is 0.662. The highest BCUT2D eigenvalue weighted by molar-refractivity contribution is 4.87. The Morgan fingerprint density at radius 2 is 1.67 bits per heavy atom. The van der Waals surface area contributed by atoms with Crippen LogP contribution in [0, 0.1) is 5.92 Å². The summed E-state index contributed by atoms with van der Waals surface area (Å²) in [5, 5.41) is 0. The Balaban J connectivity index is 4.24. The molecule has 0 aromatic rings. The minimum Gasteiger partial charge on any atom is -0.325 e. The Bertz CT molecular complexity index is 140. The third-order valence-corrected chi connectivity index (χ3v) is 2.12. The molecular weight excluding hydrogens is 146 g/mol. The normalized spacial score (nSPS) is 15.9. The van der Waals surface area contributed by atoms with E-state index in [0.29, 0.717) is 6.04 Å². The van der Waals surface area contributed by atoms with Crippen molar-refractivity contribution < 1.29 is 4.48 Å². The molecule has 0 saturated heterocycles. The third-order valence-electron chi connectivity index (χ3n) is 2.12. The molecule has 1 heteroatoms. The highest BCUT2D eigenvalue weighted by atomic mass is 15.3. The highest BCUT2D eigenvalue weighted by Gasteiger charge is 2.21. The molecule has 1 nitrogen and oxygen atoms in total. The van der Waals surface area contributed by atoms with Crippen molar-refractivity contribution in [2.45, 2.75) is 33.2 Å². The molecule has 12 heavy (non-hydrogen) atoms. The summed E-state index contributed by atoms with van der Waals surface area (Å²) in [6, 6.07) is 0.662. The van der Waals surface area contributed by atoms with Crippen LogP contribution in [0.1, 0.15) is 27.2 Å². The van der Waals surface area contributed by atoms with Gasteiger partial charge >= 0.3 is 0 Å². The molecule has 0 heterocycles. The van der Waals surface area contributed by atoms with Gasteiger partial charge in [0.15, 0.2) is 0 Å². The van der Waals surface area contributed by atoms with Gasteiger partial charge in [0.1, 0.15) is 6.04 Å². The van der Waals surface area contributed by atoms with Gasteiger partial charge in [-0.2, -0.15) is 0 Å². The fraction of sp³-hybridized carbons (Fsp3) is 0.818. The molecule has 0 aliphatic rings. The zero-order valence-corrected chi connectivity index (χ0v) is 9.46. The van der Waals surface area contributed by atoms with Crippen molar-refractivity contribution in [1.29, 1.82) is 0 Å². The van der Waals surface area contributed by atoms with E-state index < -0.39 is 0 Å². The van der Waals surface area contributed by atoms with E-state index in [1.807, 2.05) is 0 Å². The monoisotopic (exact) mass is 170 g/mol. The van der Waals surface area contributed by atoms with Gasteiger partial charge in [-0.3, -0.25) is 0 Å². The Morgan fingerprint density at radius 1 is 1.17 bits per heavy atom. The number of rotatable bonds is 4. The van der Waals surface area contributed by atoms with E-state index in [1.165, 1.54) is 6.42 Å². The first-order valence-corrected chi connectivity index (χ1v) is 4.82. The van der Waals surface area contributed by atoms with Crippen molar-refractivity contribution >= 4 is 0 Å². The molecule has 0 aliphatic heterocycles. The lowest BCUT2D eigenvalue weighted by molar-refractivity contribution is -0.889. The van der Waals surface area contributed by atoms with Crippen LogP contribution in [0.4, 0.5) is 0 Å². The van der Waals surface area contributed by atoms with E-state index in [2.05, 4.69) is 54.1 Å². The first kappa shape index (κ1) is 11.7. The molecule has 0 rings (SSSR count). The van der Waals surface area contributed by atoms with Gasteiger partial charge in [0.2, 0.25) is 0 Å². The van der Waals surface area contributed by atoms with Gasteiger partial charge in [-0.25, -0.2) is 0 Å². The van der Waals surface area contributed by atoms with Crippen LogP contribution in [-0.2, 0) is 0 Å². The Labute approximate surface area is 77.7 Å². The summed E-state index contributed by atoms with van der Waals surface area (Å²) in [5.41, 5.74) is 0. The van der Waals surface area contributed by atoms with E-state index >= 15 is 0 Å². The molecule has 0 unspecified atom stereocenters. The summed E-state index contributed by atoms with van der Waals surface area (Å²) in [4.78, 5) is 0. The van der Waals surface area contributed by atoms with Crippen molar-refractivity contribution in [3.8, 4) is 0 Å². The van der Waals surface area contributed by atoms with Crippen LogP contribution in [0.2, 0.25) is 0 Å². The summed E-state index contributed by atoms with van der Waals surface area (Å²) in [6.45, 7) is 6.67. The third kappa shape index (κ3) is 4.55. The first-order chi connectivity index (χ1) is 5.38. The van der Waals surface area contributed by atoms with Crippen molar-refractivity contribution in [3.63, 3.8) is 0 Å². The summed E-state index contributed by atoms with van der Waals surface area (Å²) in [6.07, 6.45) is 5.75. The molecule has 0 radical (unpaired) electrons. The van der Waals surface area contributed by atoms with Crippen molar-refractivity contribution in [2.75, 3.05) is 21.1 Å². The van der Waals surface area contributed by atoms with Gasteiger partial charge in [0.05, 0.1) is 21.1 Å². The Kier molecular flexibility index (Phi) is 4.54. The maximum Gasteiger partial charge on any atom is 0.107 e. The van der Waals surface area contributed by atoms with Crippen molar-refractivity contribution in [1.82, 2.24) is 0 Å². The molecule has 0 N–H and O–H groups in total. The van der Waals surface area contributed by atoms with Gasteiger partial charge in [-0.15, -0.1) is 0 Å². The summed E-state index contributed by atoms with van der Waals surface area (Å²) in [7, 11) is 6.77. The number of quaternary nitrogens is 1. The average molecular weight is 170 g/mol. The van der Waals surface area contributed by atoms with Crippen LogP contribution in [0.3, 0.4) is 0 Å². The summed E-state index contributed by atoms with van der Waals surface area (Å²) < 4.78 is 1.03. The topological polar surface area (TPSA) is 0 Å². The molecule has 0 amide bonds. The zero-order chi connectivity index (χ0) is 9.78. The highest BCUT2D eigenvalue weighted by Crippen LogP contribution is 2.14. The van der Waals surface area contributed by atoms with Gasteiger partial charge < -0.3 is 4.48 Å². The number of likely N-dealkylation sites (N-methyl/N-ethyl adjacent to an activating group) is 1. The second kappa shape index (κ2) is 4.66. The molecule has 0 aromatic carbocycles. The minimum atomic E-state index is 0.662. The molecule has 0 saturated carbocycles. The van der Waals surface area contributed by atoms with Gasteiger partial charge in [-0.05, 0) is 18.9 Å². The Hall–Kier alpha value is -0.300. The first-order valence-electron chi connectivity index (χ1n) is 4.82. The van der Waals surface area contributed by atoms with Crippen LogP contribution >= 0.6 is 0 Å².